The van der Waals surface area contributed by atoms with Gasteiger partial charge in [-0.2, -0.15) is 0 Å². The summed E-state index contributed by atoms with van der Waals surface area (Å²) in [5.41, 5.74) is 0.418. The second-order valence-corrected chi connectivity index (χ2v) is 9.53. The van der Waals surface area contributed by atoms with Crippen LogP contribution in [0.5, 0.6) is 0 Å². The number of nitrogens with zero attached hydrogens (tertiary/aromatic N) is 1. The van der Waals surface area contributed by atoms with Crippen LogP contribution in [-0.2, 0) is 0 Å². The summed E-state index contributed by atoms with van der Waals surface area (Å²) < 4.78 is 0. The standard InChI is InChI=1S/C19H32N2/c1-11(2)15-9-20-19(3,14-6-7-14)10-21(15)18-16-12-4-5-13(8-12)17(16)18/h11-18,20H,4-10H2,1-3H3. The fourth-order valence-electron chi connectivity index (χ4n) is 6.67. The number of nitrogens with one attached hydrogen (secondary N) is 1. The van der Waals surface area contributed by atoms with E-state index in [0.29, 0.717) is 5.54 Å². The van der Waals surface area contributed by atoms with E-state index in [9.17, 15) is 0 Å². The van der Waals surface area contributed by atoms with Gasteiger partial charge in [-0.15, -0.1) is 0 Å². The summed E-state index contributed by atoms with van der Waals surface area (Å²) in [5, 5.41) is 3.96. The van der Waals surface area contributed by atoms with Gasteiger partial charge in [0, 0.05) is 30.7 Å². The quantitative estimate of drug-likeness (QED) is 0.858. The molecule has 0 radical (unpaired) electrons. The highest BCUT2D eigenvalue weighted by Crippen LogP contribution is 2.68. The molecule has 4 aliphatic carbocycles. The molecular formula is C19H32N2. The normalized spacial score (nSPS) is 56.0. The van der Waals surface area contributed by atoms with E-state index in [1.165, 1.54) is 25.9 Å². The first-order valence-corrected chi connectivity index (χ1v) is 9.59. The van der Waals surface area contributed by atoms with Crippen molar-refractivity contribution in [1.29, 1.82) is 0 Å². The molecule has 6 atom stereocenters. The maximum absolute atomic E-state index is 3.96. The lowest BCUT2D eigenvalue weighted by Crippen LogP contribution is -2.66. The Hall–Kier alpha value is -0.0800. The molecule has 118 valence electrons. The van der Waals surface area contributed by atoms with Gasteiger partial charge < -0.3 is 5.32 Å². The summed E-state index contributed by atoms with van der Waals surface area (Å²) in [6, 6.07) is 1.76. The van der Waals surface area contributed by atoms with E-state index in [1.807, 2.05) is 0 Å². The second kappa shape index (κ2) is 4.26. The van der Waals surface area contributed by atoms with Gasteiger partial charge in [-0.25, -0.2) is 0 Å². The van der Waals surface area contributed by atoms with Crippen LogP contribution in [0.2, 0.25) is 0 Å². The van der Waals surface area contributed by atoms with Crippen molar-refractivity contribution < 1.29 is 0 Å². The molecule has 2 bridgehead atoms. The number of piperazine rings is 1. The Kier molecular flexibility index (Phi) is 2.71. The fraction of sp³-hybridized carbons (Fsp3) is 1.00. The molecule has 5 rings (SSSR count). The Bertz CT molecular complexity index is 427. The third kappa shape index (κ3) is 1.84. The van der Waals surface area contributed by atoms with Crippen molar-refractivity contribution in [3.05, 3.63) is 0 Å². The van der Waals surface area contributed by atoms with Crippen LogP contribution in [0.1, 0.15) is 52.9 Å². The monoisotopic (exact) mass is 288 g/mol. The molecule has 0 aromatic heterocycles. The van der Waals surface area contributed by atoms with Gasteiger partial charge in [-0.1, -0.05) is 13.8 Å². The smallest absolute Gasteiger partial charge is 0.0309 e. The van der Waals surface area contributed by atoms with E-state index >= 15 is 0 Å². The van der Waals surface area contributed by atoms with Gasteiger partial charge in [0.1, 0.15) is 0 Å². The fourth-order valence-corrected chi connectivity index (χ4v) is 6.67. The highest BCUT2D eigenvalue weighted by molar-refractivity contribution is 5.20. The van der Waals surface area contributed by atoms with Gasteiger partial charge in [-0.3, -0.25) is 4.90 Å². The second-order valence-electron chi connectivity index (χ2n) is 9.53. The molecule has 1 aliphatic heterocycles. The SMILES string of the molecule is CC(C)C1CNC(C)(C2CC2)CN1C1C2C3CCC(C3)C21. The van der Waals surface area contributed by atoms with E-state index in [0.717, 1.165) is 47.6 Å². The molecule has 5 aliphatic rings. The Morgan fingerprint density at radius 3 is 2.29 bits per heavy atom. The Labute approximate surface area is 130 Å². The van der Waals surface area contributed by atoms with E-state index in [4.69, 9.17) is 0 Å². The number of hydrogen-bond acceptors (Lipinski definition) is 2. The third-order valence-corrected chi connectivity index (χ3v) is 7.98. The average molecular weight is 288 g/mol. The zero-order valence-corrected chi connectivity index (χ0v) is 14.0. The maximum Gasteiger partial charge on any atom is 0.0309 e. The van der Waals surface area contributed by atoms with E-state index in [1.54, 1.807) is 19.3 Å². The minimum Gasteiger partial charge on any atom is -0.308 e. The van der Waals surface area contributed by atoms with E-state index < -0.39 is 0 Å². The van der Waals surface area contributed by atoms with Gasteiger partial charge >= 0.3 is 0 Å². The van der Waals surface area contributed by atoms with Gasteiger partial charge in [0.15, 0.2) is 0 Å². The molecule has 1 saturated heterocycles. The van der Waals surface area contributed by atoms with E-state index in [2.05, 4.69) is 31.0 Å². The number of fused-ring (bicyclic) bond motifs is 5. The molecule has 0 spiro atoms. The summed E-state index contributed by atoms with van der Waals surface area (Å²) in [7, 11) is 0. The summed E-state index contributed by atoms with van der Waals surface area (Å²) in [5.74, 6) is 6.18. The number of rotatable bonds is 3. The van der Waals surface area contributed by atoms with Crippen LogP contribution in [0.25, 0.3) is 0 Å². The van der Waals surface area contributed by atoms with Crippen LogP contribution in [0.3, 0.4) is 0 Å². The van der Waals surface area contributed by atoms with Crippen LogP contribution in [0.15, 0.2) is 0 Å². The topological polar surface area (TPSA) is 15.3 Å². The molecule has 0 aromatic carbocycles. The Morgan fingerprint density at radius 2 is 1.71 bits per heavy atom. The van der Waals surface area contributed by atoms with Gasteiger partial charge in [-0.05, 0) is 74.5 Å². The Morgan fingerprint density at radius 1 is 1.05 bits per heavy atom. The summed E-state index contributed by atoms with van der Waals surface area (Å²) in [4.78, 5) is 3.01. The summed E-state index contributed by atoms with van der Waals surface area (Å²) in [6.07, 6.45) is 7.63. The lowest BCUT2D eigenvalue weighted by atomic mass is 9.87. The number of hydrogen-bond donors (Lipinski definition) is 1. The summed E-state index contributed by atoms with van der Waals surface area (Å²) in [6.45, 7) is 9.95. The predicted molar refractivity (Wildman–Crippen MR) is 86.1 cm³/mol. The highest BCUT2D eigenvalue weighted by atomic mass is 15.3. The van der Waals surface area contributed by atoms with Crippen LogP contribution in [-0.4, -0.2) is 35.6 Å². The molecule has 0 amide bonds. The lowest BCUT2D eigenvalue weighted by Gasteiger charge is -2.49. The minimum absolute atomic E-state index is 0.418. The molecule has 21 heavy (non-hydrogen) atoms. The largest absolute Gasteiger partial charge is 0.308 e. The Balaban J connectivity index is 1.39. The van der Waals surface area contributed by atoms with Crippen molar-refractivity contribution in [3.8, 4) is 0 Å². The van der Waals surface area contributed by atoms with Crippen molar-refractivity contribution in [2.24, 2.45) is 35.5 Å². The van der Waals surface area contributed by atoms with Crippen molar-refractivity contribution in [1.82, 2.24) is 10.2 Å². The molecule has 4 saturated carbocycles. The lowest BCUT2D eigenvalue weighted by molar-refractivity contribution is 0.0330. The van der Waals surface area contributed by atoms with Gasteiger partial charge in [0.05, 0.1) is 0 Å². The molecule has 6 unspecified atom stereocenters. The van der Waals surface area contributed by atoms with Crippen LogP contribution in [0, 0.1) is 35.5 Å². The predicted octanol–water partition coefficient (Wildman–Crippen LogP) is 3.13. The molecule has 0 aromatic rings. The first-order valence-electron chi connectivity index (χ1n) is 9.59. The molecule has 1 heterocycles. The van der Waals surface area contributed by atoms with Crippen LogP contribution >= 0.6 is 0 Å². The average Bonchev–Trinajstić information content (AvgIpc) is 3.36. The first-order chi connectivity index (χ1) is 10.1. The minimum atomic E-state index is 0.418. The van der Waals surface area contributed by atoms with Crippen molar-refractivity contribution in [2.75, 3.05) is 13.1 Å². The van der Waals surface area contributed by atoms with Gasteiger partial charge in [0.25, 0.3) is 0 Å². The molecule has 2 nitrogen and oxygen atoms in total. The molecule has 2 heteroatoms. The van der Waals surface area contributed by atoms with E-state index in [-0.39, 0.29) is 0 Å². The van der Waals surface area contributed by atoms with Crippen molar-refractivity contribution in [2.45, 2.75) is 70.5 Å². The van der Waals surface area contributed by atoms with Crippen molar-refractivity contribution >= 4 is 0 Å². The first kappa shape index (κ1) is 13.4. The summed E-state index contributed by atoms with van der Waals surface area (Å²) >= 11 is 0. The van der Waals surface area contributed by atoms with Crippen molar-refractivity contribution in [3.63, 3.8) is 0 Å². The third-order valence-electron chi connectivity index (χ3n) is 7.98. The molecule has 1 N–H and O–H groups in total. The van der Waals surface area contributed by atoms with Crippen LogP contribution in [0.4, 0.5) is 0 Å². The molecular weight excluding hydrogens is 256 g/mol. The van der Waals surface area contributed by atoms with Crippen LogP contribution < -0.4 is 5.32 Å². The maximum atomic E-state index is 3.96. The molecule has 5 fully saturated rings. The zero-order chi connectivity index (χ0) is 14.4. The van der Waals surface area contributed by atoms with Gasteiger partial charge in [0.2, 0.25) is 0 Å². The highest BCUT2D eigenvalue weighted by Gasteiger charge is 2.68. The zero-order valence-electron chi connectivity index (χ0n) is 14.0.